The van der Waals surface area contributed by atoms with Gasteiger partial charge in [0.05, 0.1) is 18.2 Å². The number of hydrogen-bond acceptors (Lipinski definition) is 4. The number of benzene rings is 1. The molecule has 1 aromatic rings. The van der Waals surface area contributed by atoms with Crippen molar-refractivity contribution in [2.45, 2.75) is 51.1 Å². The zero-order chi connectivity index (χ0) is 17.3. The third-order valence-electron chi connectivity index (χ3n) is 5.07. The number of halogens is 1. The van der Waals surface area contributed by atoms with Gasteiger partial charge in [-0.1, -0.05) is 24.1 Å². The molecule has 0 aromatic heterocycles. The number of anilines is 1. The average Bonchev–Trinajstić information content (AvgIpc) is 2.85. The normalized spacial score (nSPS) is 25.5. The van der Waals surface area contributed by atoms with Gasteiger partial charge in [-0.2, -0.15) is 0 Å². The van der Waals surface area contributed by atoms with Gasteiger partial charge >= 0.3 is 0 Å². The Kier molecular flexibility index (Phi) is 5.23. The molecule has 2 aliphatic heterocycles. The van der Waals surface area contributed by atoms with Gasteiger partial charge in [0, 0.05) is 17.7 Å². The third-order valence-corrected chi connectivity index (χ3v) is 5.31. The van der Waals surface area contributed by atoms with Crippen molar-refractivity contribution in [3.8, 4) is 0 Å². The SMILES string of the molecule is Cc1ccc(Cl)cc1N1C(=O)C[C@@H](N2CCCC[C@@H]2CCO)C1=O. The van der Waals surface area contributed by atoms with Gasteiger partial charge in [-0.3, -0.25) is 14.5 Å². The number of hydrogen-bond donors (Lipinski definition) is 1. The highest BCUT2D eigenvalue weighted by Gasteiger charge is 2.45. The number of aliphatic hydroxyl groups excluding tert-OH is 1. The second kappa shape index (κ2) is 7.21. The van der Waals surface area contributed by atoms with Crippen LogP contribution < -0.4 is 4.90 Å². The molecule has 2 fully saturated rings. The second-order valence-electron chi connectivity index (χ2n) is 6.62. The van der Waals surface area contributed by atoms with Gasteiger partial charge in [0.25, 0.3) is 5.91 Å². The summed E-state index contributed by atoms with van der Waals surface area (Å²) in [6.45, 7) is 2.78. The lowest BCUT2D eigenvalue weighted by molar-refractivity contribution is -0.124. The van der Waals surface area contributed by atoms with Gasteiger partial charge in [-0.05, 0) is 50.4 Å². The van der Waals surface area contributed by atoms with E-state index < -0.39 is 6.04 Å². The van der Waals surface area contributed by atoms with Crippen molar-refractivity contribution >= 4 is 29.1 Å². The van der Waals surface area contributed by atoms with Gasteiger partial charge < -0.3 is 5.11 Å². The molecule has 0 saturated carbocycles. The van der Waals surface area contributed by atoms with Crippen LogP contribution in [0.25, 0.3) is 0 Å². The van der Waals surface area contributed by atoms with Gasteiger partial charge in [-0.15, -0.1) is 0 Å². The maximum Gasteiger partial charge on any atom is 0.251 e. The molecular formula is C18H23ClN2O3. The molecule has 2 saturated heterocycles. The Balaban J connectivity index is 1.87. The van der Waals surface area contributed by atoms with Gasteiger partial charge in [0.1, 0.15) is 0 Å². The zero-order valence-electron chi connectivity index (χ0n) is 13.9. The molecule has 0 aliphatic carbocycles. The summed E-state index contributed by atoms with van der Waals surface area (Å²) in [6, 6.07) is 5.00. The Labute approximate surface area is 147 Å². The Bertz CT molecular complexity index is 647. The van der Waals surface area contributed by atoms with E-state index in [4.69, 9.17) is 11.6 Å². The number of likely N-dealkylation sites (tertiary alicyclic amines) is 1. The predicted octanol–water partition coefficient (Wildman–Crippen LogP) is 2.52. The molecule has 0 spiro atoms. The van der Waals surface area contributed by atoms with Crippen molar-refractivity contribution in [2.75, 3.05) is 18.1 Å². The van der Waals surface area contributed by atoms with Crippen LogP contribution in [0.2, 0.25) is 5.02 Å². The maximum absolute atomic E-state index is 13.0. The summed E-state index contributed by atoms with van der Waals surface area (Å²) in [7, 11) is 0. The number of carbonyl (C=O) groups is 2. The summed E-state index contributed by atoms with van der Waals surface area (Å²) in [5.41, 5.74) is 1.43. The number of amides is 2. The van der Waals surface area contributed by atoms with E-state index in [9.17, 15) is 14.7 Å². The van der Waals surface area contributed by atoms with Crippen LogP contribution in [0.3, 0.4) is 0 Å². The fourth-order valence-corrected chi connectivity index (χ4v) is 4.01. The molecule has 1 N–H and O–H groups in total. The molecule has 2 atom stereocenters. The van der Waals surface area contributed by atoms with Crippen molar-refractivity contribution in [3.05, 3.63) is 28.8 Å². The highest BCUT2D eigenvalue weighted by Crippen LogP contribution is 2.33. The van der Waals surface area contributed by atoms with Gasteiger partial charge in [0.2, 0.25) is 5.91 Å². The van der Waals surface area contributed by atoms with E-state index in [2.05, 4.69) is 4.90 Å². The van der Waals surface area contributed by atoms with Crippen molar-refractivity contribution < 1.29 is 14.7 Å². The average molecular weight is 351 g/mol. The van der Waals surface area contributed by atoms with Crippen LogP contribution >= 0.6 is 11.6 Å². The van der Waals surface area contributed by atoms with Crippen LogP contribution in [0.15, 0.2) is 18.2 Å². The Morgan fingerprint density at radius 2 is 2.08 bits per heavy atom. The van der Waals surface area contributed by atoms with Crippen LogP contribution in [-0.2, 0) is 9.59 Å². The van der Waals surface area contributed by atoms with E-state index in [1.165, 1.54) is 4.90 Å². The van der Waals surface area contributed by atoms with Crippen LogP contribution in [0, 0.1) is 6.92 Å². The van der Waals surface area contributed by atoms with Crippen LogP contribution in [0.5, 0.6) is 0 Å². The number of nitrogens with zero attached hydrogens (tertiary/aromatic N) is 2. The van der Waals surface area contributed by atoms with E-state index in [0.717, 1.165) is 31.4 Å². The quantitative estimate of drug-likeness (QED) is 0.848. The van der Waals surface area contributed by atoms with Crippen LogP contribution in [-0.4, -0.2) is 47.1 Å². The molecule has 5 nitrogen and oxygen atoms in total. The number of aryl methyl sites for hydroxylation is 1. The molecule has 130 valence electrons. The minimum Gasteiger partial charge on any atom is -0.396 e. The first-order chi connectivity index (χ1) is 11.5. The van der Waals surface area contributed by atoms with Crippen LogP contribution in [0.1, 0.15) is 37.7 Å². The Hall–Kier alpha value is -1.43. The molecule has 6 heteroatoms. The molecule has 0 radical (unpaired) electrons. The smallest absolute Gasteiger partial charge is 0.251 e. The first kappa shape index (κ1) is 17.4. The van der Waals surface area contributed by atoms with Crippen molar-refractivity contribution in [1.82, 2.24) is 4.90 Å². The molecule has 3 rings (SSSR count). The molecule has 24 heavy (non-hydrogen) atoms. The lowest BCUT2D eigenvalue weighted by Gasteiger charge is -2.38. The summed E-state index contributed by atoms with van der Waals surface area (Å²) in [5, 5.41) is 9.80. The Morgan fingerprint density at radius 3 is 2.83 bits per heavy atom. The Morgan fingerprint density at radius 1 is 1.29 bits per heavy atom. The van der Waals surface area contributed by atoms with E-state index in [1.54, 1.807) is 12.1 Å². The monoisotopic (exact) mass is 350 g/mol. The number of carbonyl (C=O) groups excluding carboxylic acids is 2. The minimum absolute atomic E-state index is 0.104. The van der Waals surface area contributed by atoms with Crippen molar-refractivity contribution in [2.24, 2.45) is 0 Å². The first-order valence-electron chi connectivity index (χ1n) is 8.52. The molecule has 2 amide bonds. The van der Waals surface area contributed by atoms with E-state index in [-0.39, 0.29) is 30.9 Å². The molecule has 0 bridgehead atoms. The van der Waals surface area contributed by atoms with Gasteiger partial charge in [0.15, 0.2) is 0 Å². The highest BCUT2D eigenvalue weighted by atomic mass is 35.5. The molecule has 0 unspecified atom stereocenters. The van der Waals surface area contributed by atoms with E-state index in [1.807, 2.05) is 13.0 Å². The van der Waals surface area contributed by atoms with Crippen molar-refractivity contribution in [1.29, 1.82) is 0 Å². The fraction of sp³-hybridized carbons (Fsp3) is 0.556. The standard InChI is InChI=1S/C18H23ClN2O3/c1-12-5-6-13(19)10-15(12)21-17(23)11-16(18(21)24)20-8-3-2-4-14(20)7-9-22/h5-6,10,14,16,22H,2-4,7-9,11H2,1H3/t14-,16-/m1/s1. The summed E-state index contributed by atoms with van der Waals surface area (Å²) in [6.07, 6.45) is 3.94. The number of imide groups is 1. The lowest BCUT2D eigenvalue weighted by Crippen LogP contribution is -2.50. The predicted molar refractivity (Wildman–Crippen MR) is 93.1 cm³/mol. The summed E-state index contributed by atoms with van der Waals surface area (Å²) in [4.78, 5) is 29.0. The lowest BCUT2D eigenvalue weighted by atomic mass is 9.97. The molecule has 2 heterocycles. The molecule has 2 aliphatic rings. The molecule has 1 aromatic carbocycles. The highest BCUT2D eigenvalue weighted by molar-refractivity contribution is 6.31. The second-order valence-corrected chi connectivity index (χ2v) is 7.05. The maximum atomic E-state index is 13.0. The number of rotatable bonds is 4. The van der Waals surface area contributed by atoms with E-state index in [0.29, 0.717) is 17.1 Å². The molecular weight excluding hydrogens is 328 g/mol. The number of piperidine rings is 1. The fourth-order valence-electron chi connectivity index (χ4n) is 3.84. The largest absolute Gasteiger partial charge is 0.396 e. The zero-order valence-corrected chi connectivity index (χ0v) is 14.6. The van der Waals surface area contributed by atoms with Gasteiger partial charge in [-0.25, -0.2) is 4.90 Å². The third kappa shape index (κ3) is 3.21. The first-order valence-corrected chi connectivity index (χ1v) is 8.90. The van der Waals surface area contributed by atoms with Crippen molar-refractivity contribution in [3.63, 3.8) is 0 Å². The topological polar surface area (TPSA) is 60.9 Å². The number of aliphatic hydroxyl groups is 1. The summed E-state index contributed by atoms with van der Waals surface area (Å²) < 4.78 is 0. The minimum atomic E-state index is -0.423. The van der Waals surface area contributed by atoms with E-state index >= 15 is 0 Å². The summed E-state index contributed by atoms with van der Waals surface area (Å²) >= 11 is 6.05. The van der Waals surface area contributed by atoms with Crippen LogP contribution in [0.4, 0.5) is 5.69 Å². The summed E-state index contributed by atoms with van der Waals surface area (Å²) in [5.74, 6) is -0.348.